The van der Waals surface area contributed by atoms with Crippen LogP contribution >= 0.6 is 12.2 Å². The highest BCUT2D eigenvalue weighted by atomic mass is 32.2. The van der Waals surface area contributed by atoms with Gasteiger partial charge in [-0.05, 0) is 48.5 Å². The molecule has 0 N–H and O–H groups in total. The number of amides is 1. The summed E-state index contributed by atoms with van der Waals surface area (Å²) in [5.41, 5.74) is 2.73. The van der Waals surface area contributed by atoms with E-state index >= 15 is 0 Å². The van der Waals surface area contributed by atoms with Gasteiger partial charge < -0.3 is 9.47 Å². The molecule has 0 aliphatic carbocycles. The number of ether oxygens (including phenoxy) is 2. The average molecular weight is 553 g/mol. The van der Waals surface area contributed by atoms with Crippen LogP contribution in [0, 0.1) is 5.92 Å². The molecule has 0 bridgehead atoms. The minimum absolute atomic E-state index is 0.121. The van der Waals surface area contributed by atoms with E-state index in [9.17, 15) is 13.2 Å². The number of para-hydroxylation sites is 1. The summed E-state index contributed by atoms with van der Waals surface area (Å²) in [5, 5.41) is 4.90. The van der Waals surface area contributed by atoms with Crippen molar-refractivity contribution in [2.75, 3.05) is 32.8 Å². The van der Waals surface area contributed by atoms with Gasteiger partial charge in [0.15, 0.2) is 5.76 Å². The molecule has 0 unspecified atom stereocenters. The molecule has 3 heterocycles. The molecular formula is C27H28N4O5S2. The molecule has 2 fully saturated rings. The van der Waals surface area contributed by atoms with Crippen molar-refractivity contribution < 1.29 is 22.7 Å². The number of carbonyl (C=O) groups is 1. The first kappa shape index (κ1) is 26.2. The van der Waals surface area contributed by atoms with Gasteiger partial charge in [0.05, 0.1) is 23.8 Å². The molecule has 1 amide bonds. The van der Waals surface area contributed by atoms with E-state index in [1.54, 1.807) is 41.2 Å². The second kappa shape index (κ2) is 10.8. The third kappa shape index (κ3) is 5.28. The molecule has 3 aromatic rings. The van der Waals surface area contributed by atoms with Gasteiger partial charge in [-0.25, -0.2) is 13.1 Å². The van der Waals surface area contributed by atoms with E-state index in [0.29, 0.717) is 49.7 Å². The van der Waals surface area contributed by atoms with E-state index in [0.717, 1.165) is 5.69 Å². The van der Waals surface area contributed by atoms with Crippen LogP contribution < -0.4 is 0 Å². The van der Waals surface area contributed by atoms with Crippen LogP contribution in [0.2, 0.25) is 0 Å². The number of benzene rings is 2. The molecule has 0 atom stereocenters. The van der Waals surface area contributed by atoms with Crippen LogP contribution in [-0.2, 0) is 24.3 Å². The molecule has 2 aliphatic rings. The summed E-state index contributed by atoms with van der Waals surface area (Å²) in [5.74, 6) is 0.0496. The van der Waals surface area contributed by atoms with Gasteiger partial charge in [0.1, 0.15) is 5.69 Å². The fraction of sp³-hybridized carbons (Fsp3) is 0.296. The fourth-order valence-corrected chi connectivity index (χ4v) is 5.97. The number of thiocarbonyl (C=S) groups is 1. The molecule has 11 heteroatoms. The highest BCUT2D eigenvalue weighted by molar-refractivity contribution is 7.89. The molecule has 198 valence electrons. The van der Waals surface area contributed by atoms with Gasteiger partial charge in [0.25, 0.3) is 11.1 Å². The van der Waals surface area contributed by atoms with Crippen LogP contribution in [0.4, 0.5) is 0 Å². The normalized spacial score (nSPS) is 18.0. The van der Waals surface area contributed by atoms with Crippen LogP contribution in [0.5, 0.6) is 0 Å². The Kier molecular flexibility index (Phi) is 7.44. The van der Waals surface area contributed by atoms with Crippen LogP contribution in [0.3, 0.4) is 0 Å². The van der Waals surface area contributed by atoms with Gasteiger partial charge in [-0.15, -0.1) is 0 Å². The predicted octanol–water partition coefficient (Wildman–Crippen LogP) is 3.70. The smallest absolute Gasteiger partial charge is 0.297 e. The van der Waals surface area contributed by atoms with E-state index in [1.807, 2.05) is 44.2 Å². The third-order valence-corrected chi connectivity index (χ3v) is 8.42. The van der Waals surface area contributed by atoms with Crippen LogP contribution in [0.15, 0.2) is 71.4 Å². The maximum Gasteiger partial charge on any atom is 0.297 e. The Bertz CT molecular complexity index is 1480. The number of nitrogens with zero attached hydrogens (tertiary/aromatic N) is 4. The van der Waals surface area contributed by atoms with Gasteiger partial charge in [0.2, 0.25) is 10.0 Å². The highest BCUT2D eigenvalue weighted by Crippen LogP contribution is 2.30. The Labute approximate surface area is 227 Å². The van der Waals surface area contributed by atoms with E-state index in [4.69, 9.17) is 26.8 Å². The van der Waals surface area contributed by atoms with Crippen molar-refractivity contribution in [3.8, 4) is 16.9 Å². The quantitative estimate of drug-likeness (QED) is 0.326. The summed E-state index contributed by atoms with van der Waals surface area (Å²) in [6, 6.07) is 16.2. The maximum atomic E-state index is 13.1. The SMILES string of the molecule is CC(C)CN1C(=O)/C(=C\c2cn(-c3ccccc3)nc2-c2ccc(S(=O)(=O)N3CCOCC3)cc2)OC1=S. The Hall–Kier alpha value is -3.38. The first-order valence-electron chi connectivity index (χ1n) is 12.3. The molecule has 0 saturated carbocycles. The Morgan fingerprint density at radius 3 is 2.39 bits per heavy atom. The lowest BCUT2D eigenvalue weighted by molar-refractivity contribution is -0.123. The number of morpholine rings is 1. The average Bonchev–Trinajstić information content (AvgIpc) is 3.46. The molecule has 9 nitrogen and oxygen atoms in total. The number of sulfonamides is 1. The van der Waals surface area contributed by atoms with Crippen LogP contribution in [-0.4, -0.2) is 71.3 Å². The summed E-state index contributed by atoms with van der Waals surface area (Å²) < 4.78 is 40.2. The minimum Gasteiger partial charge on any atom is -0.426 e. The van der Waals surface area contributed by atoms with Gasteiger partial charge in [-0.3, -0.25) is 9.69 Å². The lowest BCUT2D eigenvalue weighted by Crippen LogP contribution is -2.40. The van der Waals surface area contributed by atoms with E-state index in [2.05, 4.69) is 0 Å². The standard InChI is InChI=1S/C27H28N4O5S2/c1-19(2)17-30-26(32)24(36-27(30)37)16-21-18-31(22-6-4-3-5-7-22)28-25(21)20-8-10-23(11-9-20)38(33,34)29-12-14-35-15-13-29/h3-11,16,18-19H,12-15,17H2,1-2H3/b24-16+. The summed E-state index contributed by atoms with van der Waals surface area (Å²) in [4.78, 5) is 14.7. The second-order valence-electron chi connectivity index (χ2n) is 9.44. The Morgan fingerprint density at radius 2 is 1.74 bits per heavy atom. The van der Waals surface area contributed by atoms with Gasteiger partial charge in [0, 0.05) is 37.0 Å². The van der Waals surface area contributed by atoms with E-state index < -0.39 is 10.0 Å². The first-order valence-corrected chi connectivity index (χ1v) is 14.2. The van der Waals surface area contributed by atoms with Gasteiger partial charge in [-0.1, -0.05) is 44.2 Å². The lowest BCUT2D eigenvalue weighted by atomic mass is 10.1. The molecule has 38 heavy (non-hydrogen) atoms. The number of aromatic nitrogens is 2. The maximum absolute atomic E-state index is 13.1. The number of carbonyl (C=O) groups excluding carboxylic acids is 1. The molecule has 2 saturated heterocycles. The van der Waals surface area contributed by atoms with Crippen molar-refractivity contribution in [3.63, 3.8) is 0 Å². The topological polar surface area (TPSA) is 94.0 Å². The summed E-state index contributed by atoms with van der Waals surface area (Å²) in [6.45, 7) is 5.88. The summed E-state index contributed by atoms with van der Waals surface area (Å²) in [6.07, 6.45) is 3.44. The predicted molar refractivity (Wildman–Crippen MR) is 147 cm³/mol. The Balaban J connectivity index is 1.52. The summed E-state index contributed by atoms with van der Waals surface area (Å²) in [7, 11) is -3.63. The number of hydrogen-bond donors (Lipinski definition) is 0. The lowest BCUT2D eigenvalue weighted by Gasteiger charge is -2.26. The molecule has 5 rings (SSSR count). The zero-order valence-corrected chi connectivity index (χ0v) is 22.7. The molecule has 1 aromatic heterocycles. The van der Waals surface area contributed by atoms with Crippen molar-refractivity contribution >= 4 is 39.4 Å². The zero-order valence-electron chi connectivity index (χ0n) is 21.1. The van der Waals surface area contributed by atoms with Gasteiger partial charge >= 0.3 is 0 Å². The van der Waals surface area contributed by atoms with Crippen molar-refractivity contribution in [2.45, 2.75) is 18.7 Å². The van der Waals surface area contributed by atoms with Gasteiger partial charge in [-0.2, -0.15) is 9.40 Å². The largest absolute Gasteiger partial charge is 0.426 e. The first-order chi connectivity index (χ1) is 18.2. The van der Waals surface area contributed by atoms with Crippen molar-refractivity contribution in [2.24, 2.45) is 5.92 Å². The molecule has 2 aliphatic heterocycles. The molecular weight excluding hydrogens is 524 g/mol. The van der Waals surface area contributed by atoms with Crippen molar-refractivity contribution in [3.05, 3.63) is 72.1 Å². The van der Waals surface area contributed by atoms with E-state index in [1.165, 1.54) is 9.21 Å². The van der Waals surface area contributed by atoms with Crippen molar-refractivity contribution in [1.29, 1.82) is 0 Å². The number of rotatable bonds is 7. The monoisotopic (exact) mass is 552 g/mol. The third-order valence-electron chi connectivity index (χ3n) is 6.21. The van der Waals surface area contributed by atoms with E-state index in [-0.39, 0.29) is 27.7 Å². The molecule has 0 radical (unpaired) electrons. The van der Waals surface area contributed by atoms with Crippen molar-refractivity contribution in [1.82, 2.24) is 19.0 Å². The second-order valence-corrected chi connectivity index (χ2v) is 11.7. The molecule has 2 aromatic carbocycles. The minimum atomic E-state index is -3.63. The fourth-order valence-electron chi connectivity index (χ4n) is 4.31. The Morgan fingerprint density at radius 1 is 1.05 bits per heavy atom. The highest BCUT2D eigenvalue weighted by Gasteiger charge is 2.34. The summed E-state index contributed by atoms with van der Waals surface area (Å²) >= 11 is 5.29. The molecule has 0 spiro atoms. The van der Waals surface area contributed by atoms with Crippen LogP contribution in [0.25, 0.3) is 23.0 Å². The zero-order chi connectivity index (χ0) is 26.9. The van der Waals surface area contributed by atoms with Crippen LogP contribution in [0.1, 0.15) is 19.4 Å². The number of hydrogen-bond acceptors (Lipinski definition) is 7.